The van der Waals surface area contributed by atoms with E-state index >= 15 is 0 Å². The van der Waals surface area contributed by atoms with Crippen molar-refractivity contribution in [1.82, 2.24) is 0 Å². The van der Waals surface area contributed by atoms with E-state index in [4.69, 9.17) is 0 Å². The molecule has 0 atom stereocenters. The second-order valence-electron chi connectivity index (χ2n) is 4.57. The molecule has 2 rings (SSSR count). The topological polar surface area (TPSA) is 0 Å². The van der Waals surface area contributed by atoms with Gasteiger partial charge in [-0.25, -0.2) is 0 Å². The number of hydrogen-bond donors (Lipinski definition) is 0. The van der Waals surface area contributed by atoms with E-state index < -0.39 is 0 Å². The number of allylic oxidation sites excluding steroid dienone is 1. The van der Waals surface area contributed by atoms with E-state index in [0.717, 1.165) is 24.3 Å². The van der Waals surface area contributed by atoms with E-state index in [1.807, 2.05) is 23.5 Å². The molecule has 0 aliphatic heterocycles. The van der Waals surface area contributed by atoms with E-state index in [1.54, 1.807) is 0 Å². The van der Waals surface area contributed by atoms with Crippen molar-refractivity contribution >= 4 is 23.5 Å². The van der Waals surface area contributed by atoms with E-state index in [-0.39, 0.29) is 0 Å². The standard InChI is InChI=1S/C18H20S2/c1-16(12-14-19-17-8-4-2-5-9-17)13-15-20-18-10-6-3-7-11-18/h2-11H,1,12-15H2. The summed E-state index contributed by atoms with van der Waals surface area (Å²) in [5.74, 6) is 2.25. The molecule has 0 N–H and O–H groups in total. The van der Waals surface area contributed by atoms with Crippen LogP contribution in [0.1, 0.15) is 12.8 Å². The van der Waals surface area contributed by atoms with Crippen molar-refractivity contribution in [1.29, 1.82) is 0 Å². The van der Waals surface area contributed by atoms with Gasteiger partial charge < -0.3 is 0 Å². The highest BCUT2D eigenvalue weighted by molar-refractivity contribution is 7.99. The lowest BCUT2D eigenvalue weighted by Crippen LogP contribution is -1.88. The van der Waals surface area contributed by atoms with Crippen LogP contribution in [0.3, 0.4) is 0 Å². The fourth-order valence-electron chi connectivity index (χ4n) is 1.78. The molecule has 0 fully saturated rings. The summed E-state index contributed by atoms with van der Waals surface area (Å²) in [6.45, 7) is 4.19. The van der Waals surface area contributed by atoms with Gasteiger partial charge in [-0.1, -0.05) is 48.6 Å². The molecule has 0 amide bonds. The van der Waals surface area contributed by atoms with E-state index in [0.29, 0.717) is 0 Å². The molecule has 0 unspecified atom stereocenters. The van der Waals surface area contributed by atoms with Crippen LogP contribution in [-0.4, -0.2) is 11.5 Å². The lowest BCUT2D eigenvalue weighted by atomic mass is 10.2. The molecule has 0 radical (unpaired) electrons. The van der Waals surface area contributed by atoms with Crippen molar-refractivity contribution in [2.24, 2.45) is 0 Å². The molecule has 0 nitrogen and oxygen atoms in total. The van der Waals surface area contributed by atoms with Crippen molar-refractivity contribution in [2.75, 3.05) is 11.5 Å². The first-order valence-electron chi connectivity index (χ1n) is 6.87. The number of hydrogen-bond acceptors (Lipinski definition) is 2. The van der Waals surface area contributed by atoms with Crippen LogP contribution in [0.2, 0.25) is 0 Å². The summed E-state index contributed by atoms with van der Waals surface area (Å²) >= 11 is 3.82. The first kappa shape index (κ1) is 15.3. The van der Waals surface area contributed by atoms with Crippen LogP contribution in [0.4, 0.5) is 0 Å². The molecule has 0 aromatic heterocycles. The third-order valence-corrected chi connectivity index (χ3v) is 4.96. The maximum absolute atomic E-state index is 4.19. The summed E-state index contributed by atoms with van der Waals surface area (Å²) in [6, 6.07) is 21.1. The normalized spacial score (nSPS) is 10.4. The van der Waals surface area contributed by atoms with Crippen LogP contribution in [0, 0.1) is 0 Å². The highest BCUT2D eigenvalue weighted by atomic mass is 32.2. The molecule has 0 heterocycles. The molecule has 2 aromatic carbocycles. The van der Waals surface area contributed by atoms with E-state index in [9.17, 15) is 0 Å². The Bertz CT molecular complexity index is 458. The minimum Gasteiger partial charge on any atom is -0.126 e. The molecule has 0 spiro atoms. The van der Waals surface area contributed by atoms with Crippen molar-refractivity contribution in [3.63, 3.8) is 0 Å². The Hall–Kier alpha value is -1.12. The van der Waals surface area contributed by atoms with Crippen LogP contribution >= 0.6 is 23.5 Å². The quantitative estimate of drug-likeness (QED) is 0.439. The molecule has 0 aliphatic rings. The minimum atomic E-state index is 1.11. The van der Waals surface area contributed by atoms with Gasteiger partial charge in [-0.2, -0.15) is 0 Å². The summed E-state index contributed by atoms with van der Waals surface area (Å²) < 4.78 is 0. The zero-order valence-electron chi connectivity index (χ0n) is 11.6. The highest BCUT2D eigenvalue weighted by Crippen LogP contribution is 2.23. The van der Waals surface area contributed by atoms with Crippen LogP contribution in [0.5, 0.6) is 0 Å². The lowest BCUT2D eigenvalue weighted by molar-refractivity contribution is 1.00. The Morgan fingerprint density at radius 2 is 1.10 bits per heavy atom. The van der Waals surface area contributed by atoms with Crippen LogP contribution in [-0.2, 0) is 0 Å². The van der Waals surface area contributed by atoms with Crippen molar-refractivity contribution in [3.8, 4) is 0 Å². The minimum absolute atomic E-state index is 1.11. The Labute approximate surface area is 130 Å². The summed E-state index contributed by atoms with van der Waals surface area (Å²) in [5, 5.41) is 0. The molecular formula is C18H20S2. The second-order valence-corrected chi connectivity index (χ2v) is 6.91. The molecule has 0 saturated carbocycles. The zero-order valence-corrected chi connectivity index (χ0v) is 13.3. The molecule has 0 saturated heterocycles. The molecular weight excluding hydrogens is 280 g/mol. The molecule has 20 heavy (non-hydrogen) atoms. The van der Waals surface area contributed by atoms with E-state index in [2.05, 4.69) is 67.2 Å². The van der Waals surface area contributed by atoms with E-state index in [1.165, 1.54) is 15.4 Å². The Kier molecular flexibility index (Phi) is 6.82. The highest BCUT2D eigenvalue weighted by Gasteiger charge is 1.98. The van der Waals surface area contributed by atoms with Gasteiger partial charge in [0.05, 0.1) is 0 Å². The zero-order chi connectivity index (χ0) is 14.0. The van der Waals surface area contributed by atoms with Gasteiger partial charge in [0.25, 0.3) is 0 Å². The lowest BCUT2D eigenvalue weighted by Gasteiger charge is -2.06. The van der Waals surface area contributed by atoms with Crippen molar-refractivity contribution < 1.29 is 0 Å². The third-order valence-electron chi connectivity index (χ3n) is 2.94. The Morgan fingerprint density at radius 1 is 0.700 bits per heavy atom. The van der Waals surface area contributed by atoms with Gasteiger partial charge in [0.1, 0.15) is 0 Å². The molecule has 0 aliphatic carbocycles. The summed E-state index contributed by atoms with van der Waals surface area (Å²) in [4.78, 5) is 2.69. The summed E-state index contributed by atoms with van der Waals surface area (Å²) in [6.07, 6.45) is 2.21. The molecule has 2 heteroatoms. The fourth-order valence-corrected chi connectivity index (χ4v) is 3.74. The van der Waals surface area contributed by atoms with Crippen LogP contribution in [0.15, 0.2) is 82.6 Å². The predicted octanol–water partition coefficient (Wildman–Crippen LogP) is 5.91. The second kappa shape index (κ2) is 8.93. The number of thioether (sulfide) groups is 2. The van der Waals surface area contributed by atoms with Gasteiger partial charge >= 0.3 is 0 Å². The predicted molar refractivity (Wildman–Crippen MR) is 92.7 cm³/mol. The molecule has 104 valence electrons. The average Bonchev–Trinajstić information content (AvgIpc) is 2.49. The molecule has 2 aromatic rings. The fraction of sp³-hybridized carbons (Fsp3) is 0.222. The summed E-state index contributed by atoms with van der Waals surface area (Å²) in [5.41, 5.74) is 1.36. The van der Waals surface area contributed by atoms with Gasteiger partial charge in [0, 0.05) is 21.3 Å². The Morgan fingerprint density at radius 3 is 1.50 bits per heavy atom. The third kappa shape index (κ3) is 5.89. The first-order chi connectivity index (χ1) is 9.84. The monoisotopic (exact) mass is 300 g/mol. The number of rotatable bonds is 8. The molecule has 0 bridgehead atoms. The van der Waals surface area contributed by atoms with Crippen LogP contribution in [0.25, 0.3) is 0 Å². The van der Waals surface area contributed by atoms with Crippen molar-refractivity contribution in [3.05, 3.63) is 72.8 Å². The summed E-state index contributed by atoms with van der Waals surface area (Å²) in [7, 11) is 0. The van der Waals surface area contributed by atoms with Crippen molar-refractivity contribution in [2.45, 2.75) is 22.6 Å². The Balaban J connectivity index is 1.59. The first-order valence-corrected chi connectivity index (χ1v) is 8.84. The SMILES string of the molecule is C=C(CCSc1ccccc1)CCSc1ccccc1. The maximum Gasteiger partial charge on any atom is 0.00720 e. The van der Waals surface area contributed by atoms with Gasteiger partial charge in [0.2, 0.25) is 0 Å². The van der Waals surface area contributed by atoms with Gasteiger partial charge in [-0.3, -0.25) is 0 Å². The van der Waals surface area contributed by atoms with Gasteiger partial charge in [-0.15, -0.1) is 23.5 Å². The number of benzene rings is 2. The smallest absolute Gasteiger partial charge is 0.00720 e. The van der Waals surface area contributed by atoms with Gasteiger partial charge in [-0.05, 0) is 37.1 Å². The maximum atomic E-state index is 4.19. The van der Waals surface area contributed by atoms with Gasteiger partial charge in [0.15, 0.2) is 0 Å². The average molecular weight is 300 g/mol. The largest absolute Gasteiger partial charge is 0.126 e. The van der Waals surface area contributed by atoms with Crippen LogP contribution < -0.4 is 0 Å².